The molecule has 0 aliphatic rings. The third-order valence-electron chi connectivity index (χ3n) is 1.50. The maximum Gasteiger partial charge on any atom is 0.329 e. The van der Waals surface area contributed by atoms with Crippen LogP contribution in [0, 0.1) is 10.7 Å². The Bertz CT molecular complexity index is 421. The van der Waals surface area contributed by atoms with E-state index < -0.39 is 10.0 Å². The van der Waals surface area contributed by atoms with E-state index in [4.69, 9.17) is 5.26 Å². The molecule has 0 aliphatic carbocycles. The van der Waals surface area contributed by atoms with E-state index in [0.29, 0.717) is 5.69 Å². The van der Waals surface area contributed by atoms with Crippen LogP contribution in [0.25, 0.3) is 0 Å². The minimum atomic E-state index is -3.84. The summed E-state index contributed by atoms with van der Waals surface area (Å²) in [7, 11) is -2.53. The van der Waals surface area contributed by atoms with Crippen molar-refractivity contribution in [2.24, 2.45) is 0 Å². The maximum atomic E-state index is 11.0. The van der Waals surface area contributed by atoms with Crippen molar-refractivity contribution in [3.8, 4) is 5.40 Å². The summed E-state index contributed by atoms with van der Waals surface area (Å²) in [6, 6.07) is 3.02. The highest BCUT2D eigenvalue weighted by molar-refractivity contribution is 7.97. The van der Waals surface area contributed by atoms with Gasteiger partial charge in [0.25, 0.3) is 0 Å². The van der Waals surface area contributed by atoms with Gasteiger partial charge < -0.3 is 0 Å². The zero-order valence-electron chi connectivity index (χ0n) is 6.88. The Morgan fingerprint density at radius 2 is 2.00 bits per heavy atom. The van der Waals surface area contributed by atoms with Crippen LogP contribution in [0.2, 0.25) is 0 Å². The average molecular weight is 197 g/mol. The molecule has 0 radical (unpaired) electrons. The Morgan fingerprint density at radius 3 is 2.46 bits per heavy atom. The van der Waals surface area contributed by atoms with Gasteiger partial charge in [-0.1, -0.05) is 0 Å². The van der Waals surface area contributed by atoms with Crippen molar-refractivity contribution in [1.82, 2.24) is 4.98 Å². The van der Waals surface area contributed by atoms with E-state index in [1.165, 1.54) is 37.0 Å². The van der Waals surface area contributed by atoms with Crippen LogP contribution in [0.1, 0.15) is 0 Å². The minimum absolute atomic E-state index is 0.413. The molecule has 1 aromatic heterocycles. The van der Waals surface area contributed by atoms with E-state index in [1.54, 1.807) is 0 Å². The summed E-state index contributed by atoms with van der Waals surface area (Å²) in [6.45, 7) is 0. The van der Waals surface area contributed by atoms with Crippen LogP contribution >= 0.6 is 0 Å². The van der Waals surface area contributed by atoms with Crippen LogP contribution in [0.15, 0.2) is 24.5 Å². The number of aromatic nitrogens is 1. The quantitative estimate of drug-likeness (QED) is 0.505. The van der Waals surface area contributed by atoms with Crippen molar-refractivity contribution in [3.05, 3.63) is 24.5 Å². The van der Waals surface area contributed by atoms with E-state index in [1.807, 2.05) is 0 Å². The number of sulfonamides is 1. The number of thiocyanates is 1. The molecule has 0 aromatic carbocycles. The molecule has 0 fully saturated rings. The van der Waals surface area contributed by atoms with Gasteiger partial charge in [-0.15, -0.1) is 0 Å². The van der Waals surface area contributed by atoms with Crippen LogP contribution in [0.5, 0.6) is 0 Å². The molecule has 1 aromatic rings. The fourth-order valence-electron chi connectivity index (χ4n) is 0.754. The molecule has 0 saturated carbocycles. The molecule has 1 heterocycles. The highest BCUT2D eigenvalue weighted by Gasteiger charge is 2.16. The fourth-order valence-corrected chi connectivity index (χ4v) is 1.28. The van der Waals surface area contributed by atoms with Gasteiger partial charge in [-0.3, -0.25) is 9.29 Å². The van der Waals surface area contributed by atoms with Gasteiger partial charge >= 0.3 is 10.0 Å². The molecule has 68 valence electrons. The first-order chi connectivity index (χ1) is 6.08. The molecule has 0 aliphatic heterocycles. The lowest BCUT2D eigenvalue weighted by molar-refractivity contribution is 0.604. The van der Waals surface area contributed by atoms with Gasteiger partial charge in [0.05, 0.1) is 5.69 Å². The predicted octanol–water partition coefficient (Wildman–Crippen LogP) is 0.329. The van der Waals surface area contributed by atoms with E-state index in [9.17, 15) is 8.42 Å². The van der Waals surface area contributed by atoms with E-state index in [-0.39, 0.29) is 0 Å². The molecule has 6 heteroatoms. The Balaban J connectivity index is 3.08. The maximum absolute atomic E-state index is 11.0. The number of nitriles is 1. The third kappa shape index (κ3) is 1.95. The Kier molecular flexibility index (Phi) is 2.49. The van der Waals surface area contributed by atoms with Crippen molar-refractivity contribution in [2.75, 3.05) is 11.4 Å². The summed E-state index contributed by atoms with van der Waals surface area (Å²) in [4.78, 5) is 3.73. The molecule has 0 bridgehead atoms. The van der Waals surface area contributed by atoms with Gasteiger partial charge in [0.15, 0.2) is 0 Å². The van der Waals surface area contributed by atoms with Crippen LogP contribution in [0.3, 0.4) is 0 Å². The summed E-state index contributed by atoms with van der Waals surface area (Å²) >= 11 is 0. The Morgan fingerprint density at radius 1 is 1.46 bits per heavy atom. The highest BCUT2D eigenvalue weighted by atomic mass is 32.2. The van der Waals surface area contributed by atoms with Crippen LogP contribution < -0.4 is 4.31 Å². The average Bonchev–Trinajstić information content (AvgIpc) is 2.18. The fraction of sp³-hybridized carbons (Fsp3) is 0.143. The SMILES string of the molecule is CN(c1ccncc1)S(=O)(=O)C#N. The van der Waals surface area contributed by atoms with Crippen LogP contribution in [-0.2, 0) is 10.0 Å². The van der Waals surface area contributed by atoms with Gasteiger partial charge in [-0.2, -0.15) is 13.7 Å². The molecule has 0 spiro atoms. The largest absolute Gasteiger partial charge is 0.329 e. The summed E-state index contributed by atoms with van der Waals surface area (Å²) in [6.07, 6.45) is 2.91. The van der Waals surface area contributed by atoms with Crippen molar-refractivity contribution in [2.45, 2.75) is 0 Å². The first-order valence-electron chi connectivity index (χ1n) is 3.37. The molecule has 0 N–H and O–H groups in total. The lowest BCUT2D eigenvalue weighted by atomic mass is 10.4. The molecule has 0 amide bonds. The summed E-state index contributed by atoms with van der Waals surface area (Å²) in [5.41, 5.74) is 0.413. The van der Waals surface area contributed by atoms with Crippen molar-refractivity contribution < 1.29 is 8.42 Å². The molecule has 0 saturated heterocycles. The van der Waals surface area contributed by atoms with E-state index in [2.05, 4.69) is 4.98 Å². The zero-order valence-corrected chi connectivity index (χ0v) is 7.69. The van der Waals surface area contributed by atoms with Gasteiger partial charge in [-0.25, -0.2) is 0 Å². The molecule has 13 heavy (non-hydrogen) atoms. The Labute approximate surface area is 76.3 Å². The predicted molar refractivity (Wildman–Crippen MR) is 47.2 cm³/mol. The second kappa shape index (κ2) is 3.41. The molecular weight excluding hydrogens is 190 g/mol. The second-order valence-electron chi connectivity index (χ2n) is 2.27. The van der Waals surface area contributed by atoms with E-state index in [0.717, 1.165) is 4.31 Å². The highest BCUT2D eigenvalue weighted by Crippen LogP contribution is 2.13. The first-order valence-corrected chi connectivity index (χ1v) is 4.81. The lowest BCUT2D eigenvalue weighted by Crippen LogP contribution is -2.24. The lowest BCUT2D eigenvalue weighted by Gasteiger charge is -2.13. The molecular formula is C7H7N3O2S. The van der Waals surface area contributed by atoms with Gasteiger partial charge in [0.2, 0.25) is 5.40 Å². The summed E-state index contributed by atoms with van der Waals surface area (Å²) in [5, 5.41) is 9.55. The number of nitrogens with zero attached hydrogens (tertiary/aromatic N) is 3. The number of rotatable bonds is 2. The molecule has 0 atom stereocenters. The third-order valence-corrected chi connectivity index (χ3v) is 2.66. The van der Waals surface area contributed by atoms with Crippen LogP contribution in [0.4, 0.5) is 5.69 Å². The second-order valence-corrected chi connectivity index (χ2v) is 3.95. The smallest absolute Gasteiger partial charge is 0.265 e. The Hall–Kier alpha value is -1.61. The van der Waals surface area contributed by atoms with E-state index >= 15 is 0 Å². The van der Waals surface area contributed by atoms with Gasteiger partial charge in [0, 0.05) is 19.4 Å². The van der Waals surface area contributed by atoms with Gasteiger partial charge in [0.1, 0.15) is 0 Å². The summed E-state index contributed by atoms with van der Waals surface area (Å²) in [5.74, 6) is 0. The number of pyridine rings is 1. The van der Waals surface area contributed by atoms with Crippen molar-refractivity contribution in [3.63, 3.8) is 0 Å². The first kappa shape index (κ1) is 9.48. The number of hydrogen-bond acceptors (Lipinski definition) is 4. The molecule has 5 nitrogen and oxygen atoms in total. The molecule has 1 rings (SSSR count). The molecule has 0 unspecified atom stereocenters. The van der Waals surface area contributed by atoms with Gasteiger partial charge in [-0.05, 0) is 12.1 Å². The minimum Gasteiger partial charge on any atom is -0.265 e. The summed E-state index contributed by atoms with van der Waals surface area (Å²) < 4.78 is 23.0. The van der Waals surface area contributed by atoms with Crippen LogP contribution in [-0.4, -0.2) is 20.4 Å². The monoisotopic (exact) mass is 197 g/mol. The standard InChI is InChI=1S/C7H7N3O2S/c1-10(13(11,12)6-8)7-2-4-9-5-3-7/h2-5H,1H3. The number of hydrogen-bond donors (Lipinski definition) is 0. The van der Waals surface area contributed by atoms with Crippen molar-refractivity contribution >= 4 is 15.7 Å². The normalized spacial score (nSPS) is 10.5. The number of anilines is 1. The topological polar surface area (TPSA) is 74.1 Å². The van der Waals surface area contributed by atoms with Crippen molar-refractivity contribution in [1.29, 1.82) is 5.26 Å². The zero-order chi connectivity index (χ0) is 9.90.